The lowest BCUT2D eigenvalue weighted by molar-refractivity contribution is 0.531. The Morgan fingerprint density at radius 3 is 1.37 bits per heavy atom. The Labute approximate surface area is 504 Å². The predicted molar refractivity (Wildman–Crippen MR) is 357 cm³/mol. The number of aryl methyl sites for hydroxylation is 3. The summed E-state index contributed by atoms with van der Waals surface area (Å²) in [6.07, 6.45) is 25.0. The summed E-state index contributed by atoms with van der Waals surface area (Å²) in [5.41, 5.74) is 32.6. The van der Waals surface area contributed by atoms with Gasteiger partial charge in [0.2, 0.25) is 0 Å². The van der Waals surface area contributed by atoms with Gasteiger partial charge < -0.3 is 9.80 Å². The molecule has 2 nitrogen and oxygen atoms in total. The number of para-hydroxylation sites is 3. The van der Waals surface area contributed by atoms with Crippen molar-refractivity contribution >= 4 is 50.0 Å². The summed E-state index contributed by atoms with van der Waals surface area (Å²) in [6.45, 7) is 0. The van der Waals surface area contributed by atoms with Gasteiger partial charge in [0.15, 0.2) is 0 Å². The smallest absolute Gasteiger partial charge is 0.0493 e. The van der Waals surface area contributed by atoms with Gasteiger partial charge in [0.1, 0.15) is 0 Å². The maximum atomic E-state index is 2.68. The molecule has 6 aliphatic carbocycles. The van der Waals surface area contributed by atoms with Crippen LogP contribution in [-0.2, 0) is 42.9 Å². The molecule has 2 heteroatoms. The van der Waals surface area contributed by atoms with Crippen LogP contribution < -0.4 is 9.80 Å². The third kappa shape index (κ3) is 6.96. The highest BCUT2D eigenvalue weighted by molar-refractivity contribution is 6.23. The van der Waals surface area contributed by atoms with E-state index in [4.69, 9.17) is 0 Å². The molecule has 0 N–H and O–H groups in total. The molecule has 0 bridgehead atoms. The number of rotatable bonds is 4. The Morgan fingerprint density at radius 2 is 0.802 bits per heavy atom. The number of anilines is 5. The average molecular weight is 1100 g/mol. The van der Waals surface area contributed by atoms with Crippen LogP contribution in [0, 0.1) is 11.8 Å². The van der Waals surface area contributed by atoms with Crippen molar-refractivity contribution in [1.29, 1.82) is 0 Å². The van der Waals surface area contributed by atoms with Crippen LogP contribution in [0.4, 0.5) is 28.4 Å². The minimum Gasteiger partial charge on any atom is -0.310 e. The first-order valence-corrected chi connectivity index (χ1v) is 31.7. The number of hydrogen-bond donors (Lipinski definition) is 0. The third-order valence-electron chi connectivity index (χ3n) is 21.9. The second-order valence-electron chi connectivity index (χ2n) is 26.1. The maximum Gasteiger partial charge on any atom is 0.0493 e. The fourth-order valence-corrected chi connectivity index (χ4v) is 18.2. The monoisotopic (exact) mass is 1100 g/mol. The molecule has 2 atom stereocenters. The number of hydrogen-bond acceptors (Lipinski definition) is 2. The minimum atomic E-state index is -0.157. The van der Waals surface area contributed by atoms with Crippen molar-refractivity contribution in [3.05, 3.63) is 316 Å². The van der Waals surface area contributed by atoms with E-state index in [9.17, 15) is 0 Å². The van der Waals surface area contributed by atoms with Gasteiger partial charge in [-0.05, 0) is 258 Å². The molecule has 0 saturated heterocycles. The SMILES string of the molecule is C1=CC2CC3(CC2C=C1)c1ccccc1-c1ccc(-c2c4ccc(N5c6ccccc6CCc6ccccc65)cc4c(-c4ccc5c(c4)C4(Cc6ccccc6C4)c4ccccc4-5)c4ccc(N5C6=C(CCC=C6)CCc6ccccc65)cc24)cc13. The minimum absolute atomic E-state index is 0.0858. The van der Waals surface area contributed by atoms with Crippen molar-refractivity contribution in [3.63, 3.8) is 0 Å². The van der Waals surface area contributed by atoms with Crippen LogP contribution >= 0.6 is 0 Å². The molecule has 11 aromatic carbocycles. The number of allylic oxidation sites excluding steroid dienone is 7. The Balaban J connectivity index is 0.923. The van der Waals surface area contributed by atoms with E-state index in [-0.39, 0.29) is 10.8 Å². The first-order valence-electron chi connectivity index (χ1n) is 31.7. The van der Waals surface area contributed by atoms with Gasteiger partial charge in [-0.1, -0.05) is 194 Å². The lowest BCUT2D eigenvalue weighted by Crippen LogP contribution is -2.25. The Bertz CT molecular complexity index is 4790. The van der Waals surface area contributed by atoms with Gasteiger partial charge in [0.05, 0.1) is 0 Å². The highest BCUT2D eigenvalue weighted by Gasteiger charge is 2.52. The van der Waals surface area contributed by atoms with Gasteiger partial charge in [0.25, 0.3) is 0 Å². The summed E-state index contributed by atoms with van der Waals surface area (Å²) in [7, 11) is 0. The fraction of sp³-hybridized carbons (Fsp3) is 0.167. The molecule has 2 aliphatic heterocycles. The van der Waals surface area contributed by atoms with E-state index in [1.54, 1.807) is 5.57 Å². The second-order valence-corrected chi connectivity index (χ2v) is 26.1. The van der Waals surface area contributed by atoms with Crippen molar-refractivity contribution in [2.75, 3.05) is 9.80 Å². The van der Waals surface area contributed by atoms with Gasteiger partial charge in [-0.3, -0.25) is 0 Å². The quantitative estimate of drug-likeness (QED) is 0.162. The summed E-state index contributed by atoms with van der Waals surface area (Å²) in [5.74, 6) is 1.03. The zero-order valence-corrected chi connectivity index (χ0v) is 48.4. The molecular formula is C84H64N2. The number of fused-ring (bicyclic) bond motifs is 17. The normalized spacial score (nSPS) is 20.2. The standard InChI is InChI=1S/C84H64N2/c1-2-22-60-50-83(49-59(60)21-1)73-27-11-9-25-65(73)67-41-37-57(45-75(67)83)81-69-43-39-64(86-79-31-15-7-19-55(79)35-36-56-20-8-16-32-80(56)86)48-72(69)82(58-38-42-68-66-26-10-12-28-74(66)84(76(68)46-58)51-61-23-3-4-24-62(61)52-84)70-44-40-63(47-71(70)81)85-77-29-13-5-17-53(77)33-34-54-18-6-14-30-78(54)85/h1-7,9-19,21-32,37-48,61-62H,8,20,33-36,49-52H2. The Hall–Kier alpha value is -9.50. The van der Waals surface area contributed by atoms with Gasteiger partial charge in [-0.2, -0.15) is 0 Å². The lowest BCUT2D eigenvalue weighted by Gasteiger charge is -2.31. The van der Waals surface area contributed by atoms with Gasteiger partial charge in [0, 0.05) is 45.0 Å². The second kappa shape index (κ2) is 18.5. The van der Waals surface area contributed by atoms with Crippen LogP contribution in [0.5, 0.6) is 0 Å². The first kappa shape index (κ1) is 48.8. The van der Waals surface area contributed by atoms with E-state index < -0.39 is 0 Å². The molecule has 2 heterocycles. The van der Waals surface area contributed by atoms with E-state index >= 15 is 0 Å². The first-order chi connectivity index (χ1) is 42.6. The van der Waals surface area contributed by atoms with Crippen LogP contribution in [0.3, 0.4) is 0 Å². The Kier molecular flexibility index (Phi) is 10.5. The van der Waals surface area contributed by atoms with Gasteiger partial charge in [-0.15, -0.1) is 0 Å². The Morgan fingerprint density at radius 1 is 0.349 bits per heavy atom. The van der Waals surface area contributed by atoms with Crippen molar-refractivity contribution in [2.24, 2.45) is 11.8 Å². The summed E-state index contributed by atoms with van der Waals surface area (Å²) < 4.78 is 0. The average Bonchev–Trinajstić information content (AvgIpc) is 1.47. The van der Waals surface area contributed by atoms with Crippen LogP contribution in [0.15, 0.2) is 266 Å². The fourth-order valence-electron chi connectivity index (χ4n) is 18.2. The predicted octanol–water partition coefficient (Wildman–Crippen LogP) is 21.1. The lowest BCUT2D eigenvalue weighted by atomic mass is 9.74. The van der Waals surface area contributed by atoms with E-state index in [2.05, 4.69) is 265 Å². The maximum absolute atomic E-state index is 2.68. The molecule has 1 saturated carbocycles. The molecule has 410 valence electrons. The third-order valence-corrected chi connectivity index (χ3v) is 21.9. The van der Waals surface area contributed by atoms with Crippen LogP contribution in [0.25, 0.3) is 66.1 Å². The summed E-state index contributed by atoms with van der Waals surface area (Å²) >= 11 is 0. The topological polar surface area (TPSA) is 6.48 Å². The molecule has 2 unspecified atom stereocenters. The molecule has 8 aliphatic rings. The molecule has 86 heavy (non-hydrogen) atoms. The summed E-state index contributed by atoms with van der Waals surface area (Å²) in [4.78, 5) is 5.21. The highest BCUT2D eigenvalue weighted by atomic mass is 15.2. The molecule has 2 spiro atoms. The van der Waals surface area contributed by atoms with Gasteiger partial charge >= 0.3 is 0 Å². The molecule has 0 radical (unpaired) electrons. The molecule has 19 rings (SSSR count). The van der Waals surface area contributed by atoms with Gasteiger partial charge in [-0.25, -0.2) is 0 Å². The van der Waals surface area contributed by atoms with E-state index in [0.717, 1.165) is 64.2 Å². The summed E-state index contributed by atoms with van der Waals surface area (Å²) in [5, 5.41) is 5.12. The van der Waals surface area contributed by atoms with Crippen LogP contribution in [0.2, 0.25) is 0 Å². The van der Waals surface area contributed by atoms with Crippen molar-refractivity contribution in [1.82, 2.24) is 0 Å². The van der Waals surface area contributed by atoms with Crippen molar-refractivity contribution in [2.45, 2.75) is 75.0 Å². The van der Waals surface area contributed by atoms with E-state index in [1.165, 1.54) is 150 Å². The molecule has 0 aromatic heterocycles. The molecule has 1 fully saturated rings. The zero-order chi connectivity index (χ0) is 56.2. The summed E-state index contributed by atoms with van der Waals surface area (Å²) in [6, 6.07) is 85.9. The molecule has 0 amide bonds. The highest BCUT2D eigenvalue weighted by Crippen LogP contribution is 2.63. The molecule has 11 aromatic rings. The van der Waals surface area contributed by atoms with E-state index in [1.807, 2.05) is 0 Å². The van der Waals surface area contributed by atoms with Crippen LogP contribution in [-0.4, -0.2) is 0 Å². The van der Waals surface area contributed by atoms with Crippen molar-refractivity contribution in [3.8, 4) is 44.5 Å². The van der Waals surface area contributed by atoms with E-state index in [0.29, 0.717) is 11.8 Å². The zero-order valence-electron chi connectivity index (χ0n) is 48.4. The largest absolute Gasteiger partial charge is 0.310 e. The van der Waals surface area contributed by atoms with Crippen molar-refractivity contribution < 1.29 is 0 Å². The number of benzene rings is 11. The van der Waals surface area contributed by atoms with Crippen LogP contribution in [0.1, 0.15) is 82.2 Å². The molecular weight excluding hydrogens is 1040 g/mol. The number of nitrogens with zero attached hydrogens (tertiary/aromatic N) is 2.